The highest BCUT2D eigenvalue weighted by molar-refractivity contribution is 5.97. The number of aromatic nitrogens is 1. The Labute approximate surface area is 139 Å². The largest absolute Gasteiger partial charge is 0.497 e. The summed E-state index contributed by atoms with van der Waals surface area (Å²) in [4.78, 5) is 12.1. The molecular formula is C18H17N3O3. The van der Waals surface area contributed by atoms with E-state index in [1.54, 1.807) is 42.0 Å². The number of amides is 1. The predicted octanol–water partition coefficient (Wildman–Crippen LogP) is 4.30. The van der Waals surface area contributed by atoms with Crippen molar-refractivity contribution < 1.29 is 14.6 Å². The monoisotopic (exact) mass is 323 g/mol. The van der Waals surface area contributed by atoms with E-state index in [0.717, 1.165) is 5.52 Å². The predicted molar refractivity (Wildman–Crippen MR) is 91.1 cm³/mol. The molecule has 0 aliphatic carbocycles. The van der Waals surface area contributed by atoms with E-state index in [-0.39, 0.29) is 11.6 Å². The van der Waals surface area contributed by atoms with E-state index in [9.17, 15) is 9.90 Å². The molecule has 3 aromatic rings. The van der Waals surface area contributed by atoms with Gasteiger partial charge in [-0.3, -0.25) is 4.79 Å². The number of methoxy groups -OCH3 is 1. The van der Waals surface area contributed by atoms with Crippen LogP contribution in [-0.2, 0) is 6.54 Å². The number of aryl methyl sites for hydroxylation is 1. The molecule has 3 rings (SSSR count). The zero-order chi connectivity index (χ0) is 17.1. The maximum Gasteiger partial charge on any atom is 0.295 e. The molecule has 1 aromatic heterocycles. The summed E-state index contributed by atoms with van der Waals surface area (Å²) in [5, 5.41) is 18.8. The Kier molecular flexibility index (Phi) is 4.29. The summed E-state index contributed by atoms with van der Waals surface area (Å²) in [5.41, 5.74) is 1.50. The summed E-state index contributed by atoms with van der Waals surface area (Å²) in [7, 11) is 1.57. The molecule has 0 radical (unpaired) electrons. The average molecular weight is 323 g/mol. The van der Waals surface area contributed by atoms with Gasteiger partial charge in [0.2, 0.25) is 5.88 Å². The van der Waals surface area contributed by atoms with Crippen molar-refractivity contribution in [3.8, 4) is 11.6 Å². The molecule has 0 aliphatic rings. The highest BCUT2D eigenvalue weighted by Gasteiger charge is 2.17. The van der Waals surface area contributed by atoms with Crippen LogP contribution in [0.15, 0.2) is 58.8 Å². The SMILES string of the molecule is CCn1c(O)c(N=NC(=O)c2ccccc2)c2cc(OC)ccc21. The van der Waals surface area contributed by atoms with Crippen LogP contribution in [0.1, 0.15) is 17.3 Å². The van der Waals surface area contributed by atoms with Gasteiger partial charge in [-0.2, -0.15) is 0 Å². The van der Waals surface area contributed by atoms with Crippen LogP contribution in [0.3, 0.4) is 0 Å². The minimum absolute atomic E-state index is 0.0228. The lowest BCUT2D eigenvalue weighted by molar-refractivity contribution is 0.0995. The number of aromatic hydroxyl groups is 1. The second-order valence-corrected chi connectivity index (χ2v) is 5.17. The van der Waals surface area contributed by atoms with Gasteiger partial charge in [-0.1, -0.05) is 18.2 Å². The van der Waals surface area contributed by atoms with Crippen molar-refractivity contribution >= 4 is 22.5 Å². The number of benzene rings is 2. The number of rotatable bonds is 4. The highest BCUT2D eigenvalue weighted by Crippen LogP contribution is 2.40. The summed E-state index contributed by atoms with van der Waals surface area (Å²) >= 11 is 0. The quantitative estimate of drug-likeness (QED) is 0.727. The van der Waals surface area contributed by atoms with Gasteiger partial charge in [-0.25, -0.2) is 0 Å². The molecule has 0 unspecified atom stereocenters. The highest BCUT2D eigenvalue weighted by atomic mass is 16.5. The summed E-state index contributed by atoms with van der Waals surface area (Å²) < 4.78 is 6.93. The Hall–Kier alpha value is -3.15. The van der Waals surface area contributed by atoms with Crippen LogP contribution < -0.4 is 4.74 Å². The van der Waals surface area contributed by atoms with Gasteiger partial charge in [0, 0.05) is 17.5 Å². The van der Waals surface area contributed by atoms with Crippen molar-refractivity contribution in [3.63, 3.8) is 0 Å². The van der Waals surface area contributed by atoms with Gasteiger partial charge in [-0.15, -0.1) is 10.2 Å². The van der Waals surface area contributed by atoms with Crippen LogP contribution in [0.25, 0.3) is 10.9 Å². The minimum Gasteiger partial charge on any atom is -0.497 e. The molecule has 2 aromatic carbocycles. The molecule has 6 nitrogen and oxygen atoms in total. The summed E-state index contributed by atoms with van der Waals surface area (Å²) in [6, 6.07) is 14.1. The molecule has 0 aliphatic heterocycles. The Morgan fingerprint density at radius 3 is 2.62 bits per heavy atom. The molecule has 0 fully saturated rings. The Balaban J connectivity index is 2.06. The first-order chi connectivity index (χ1) is 11.7. The lowest BCUT2D eigenvalue weighted by Gasteiger charge is -2.02. The zero-order valence-corrected chi connectivity index (χ0v) is 13.4. The fraction of sp³-hybridized carbons (Fsp3) is 0.167. The Morgan fingerprint density at radius 1 is 1.21 bits per heavy atom. The number of hydrogen-bond donors (Lipinski definition) is 1. The van der Waals surface area contributed by atoms with Crippen LogP contribution in [0.2, 0.25) is 0 Å². The minimum atomic E-state index is -0.463. The van der Waals surface area contributed by atoms with E-state index in [2.05, 4.69) is 10.2 Å². The number of carbonyl (C=O) groups excluding carboxylic acids is 1. The molecule has 1 heterocycles. The van der Waals surface area contributed by atoms with Gasteiger partial charge in [0.1, 0.15) is 5.75 Å². The van der Waals surface area contributed by atoms with E-state index in [0.29, 0.717) is 23.2 Å². The molecule has 6 heteroatoms. The lowest BCUT2D eigenvalue weighted by atomic mass is 10.2. The van der Waals surface area contributed by atoms with Crippen LogP contribution in [0, 0.1) is 0 Å². The first-order valence-corrected chi connectivity index (χ1v) is 7.56. The third-order valence-corrected chi connectivity index (χ3v) is 3.79. The fourth-order valence-corrected chi connectivity index (χ4v) is 2.58. The molecule has 24 heavy (non-hydrogen) atoms. The molecule has 122 valence electrons. The standard InChI is InChI=1S/C18H17N3O3/c1-3-21-15-10-9-13(24-2)11-14(15)16(18(21)23)19-20-17(22)12-7-5-4-6-8-12/h4-11,23H,3H2,1-2H3. The number of azo groups is 1. The van der Waals surface area contributed by atoms with Crippen molar-refractivity contribution in [1.29, 1.82) is 0 Å². The molecule has 0 saturated carbocycles. The van der Waals surface area contributed by atoms with Crippen LogP contribution in [-0.4, -0.2) is 22.7 Å². The van der Waals surface area contributed by atoms with E-state index in [1.807, 2.05) is 25.1 Å². The molecule has 0 bridgehead atoms. The van der Waals surface area contributed by atoms with E-state index >= 15 is 0 Å². The zero-order valence-electron chi connectivity index (χ0n) is 13.4. The Bertz CT molecular complexity index is 914. The third-order valence-electron chi connectivity index (χ3n) is 3.79. The number of carbonyl (C=O) groups is 1. The van der Waals surface area contributed by atoms with Crippen LogP contribution in [0.5, 0.6) is 11.6 Å². The van der Waals surface area contributed by atoms with Gasteiger partial charge in [0.25, 0.3) is 5.91 Å². The molecule has 1 amide bonds. The molecule has 0 spiro atoms. The third kappa shape index (κ3) is 2.74. The Morgan fingerprint density at radius 2 is 1.96 bits per heavy atom. The molecule has 1 N–H and O–H groups in total. The first-order valence-electron chi connectivity index (χ1n) is 7.56. The van der Waals surface area contributed by atoms with Crippen LogP contribution >= 0.6 is 0 Å². The van der Waals surface area contributed by atoms with Crippen molar-refractivity contribution in [3.05, 3.63) is 54.1 Å². The molecular weight excluding hydrogens is 306 g/mol. The topological polar surface area (TPSA) is 76.2 Å². The smallest absolute Gasteiger partial charge is 0.295 e. The lowest BCUT2D eigenvalue weighted by Crippen LogP contribution is -1.92. The number of nitrogens with zero attached hydrogens (tertiary/aromatic N) is 3. The number of hydrogen-bond acceptors (Lipinski definition) is 4. The van der Waals surface area contributed by atoms with Gasteiger partial charge in [0.15, 0.2) is 5.69 Å². The van der Waals surface area contributed by atoms with Crippen molar-refractivity contribution in [1.82, 2.24) is 4.57 Å². The molecule has 0 atom stereocenters. The summed E-state index contributed by atoms with van der Waals surface area (Å²) in [6.07, 6.45) is 0. The van der Waals surface area contributed by atoms with Crippen LogP contribution in [0.4, 0.5) is 5.69 Å². The van der Waals surface area contributed by atoms with Crippen molar-refractivity contribution in [2.24, 2.45) is 10.2 Å². The maximum atomic E-state index is 12.1. The first kappa shape index (κ1) is 15.7. The van der Waals surface area contributed by atoms with Crippen molar-refractivity contribution in [2.75, 3.05) is 7.11 Å². The fourth-order valence-electron chi connectivity index (χ4n) is 2.58. The normalized spacial score (nSPS) is 11.2. The van der Waals surface area contributed by atoms with Crippen molar-refractivity contribution in [2.45, 2.75) is 13.5 Å². The second kappa shape index (κ2) is 6.54. The summed E-state index contributed by atoms with van der Waals surface area (Å²) in [6.45, 7) is 2.48. The number of ether oxygens (including phenoxy) is 1. The van der Waals surface area contributed by atoms with E-state index in [4.69, 9.17) is 4.74 Å². The van der Waals surface area contributed by atoms with Gasteiger partial charge < -0.3 is 14.4 Å². The average Bonchev–Trinajstić information content (AvgIpc) is 2.90. The maximum absolute atomic E-state index is 12.1. The van der Waals surface area contributed by atoms with Gasteiger partial charge >= 0.3 is 0 Å². The van der Waals surface area contributed by atoms with E-state index in [1.165, 1.54) is 0 Å². The van der Waals surface area contributed by atoms with Gasteiger partial charge in [-0.05, 0) is 37.3 Å². The number of fused-ring (bicyclic) bond motifs is 1. The van der Waals surface area contributed by atoms with Gasteiger partial charge in [0.05, 0.1) is 12.6 Å². The van der Waals surface area contributed by atoms with E-state index < -0.39 is 5.91 Å². The molecule has 0 saturated heterocycles. The summed E-state index contributed by atoms with van der Waals surface area (Å²) in [5.74, 6) is 0.155. The second-order valence-electron chi connectivity index (χ2n) is 5.17.